The third-order valence-electron chi connectivity index (χ3n) is 3.12. The minimum atomic E-state index is -0.459. The van der Waals surface area contributed by atoms with E-state index in [2.05, 4.69) is 0 Å². The fourth-order valence-electron chi connectivity index (χ4n) is 1.82. The number of ether oxygens (including phenoxy) is 1. The monoisotopic (exact) mass is 293 g/mol. The molecule has 19 heavy (non-hydrogen) atoms. The van der Waals surface area contributed by atoms with E-state index >= 15 is 0 Å². The first-order chi connectivity index (χ1) is 8.47. The summed E-state index contributed by atoms with van der Waals surface area (Å²) in [4.78, 5) is 26.8. The molecule has 112 valence electrons. The highest BCUT2D eigenvalue weighted by Gasteiger charge is 2.28. The topological polar surface area (TPSA) is 75.9 Å². The number of halogens is 1. The zero-order valence-corrected chi connectivity index (χ0v) is 12.6. The molecule has 0 unspecified atom stereocenters. The maximum absolute atomic E-state index is 12.0. The summed E-state index contributed by atoms with van der Waals surface area (Å²) < 4.78 is 4.92. The average Bonchev–Trinajstić information content (AvgIpc) is 2.37. The molecule has 0 saturated carbocycles. The molecule has 0 bridgehead atoms. The van der Waals surface area contributed by atoms with Gasteiger partial charge in [-0.15, -0.1) is 12.4 Å². The van der Waals surface area contributed by atoms with E-state index in [9.17, 15) is 9.59 Å². The normalized spacial score (nSPS) is 16.9. The second-order valence-electron chi connectivity index (χ2n) is 4.78. The highest BCUT2D eigenvalue weighted by Crippen LogP contribution is 2.08. The third-order valence-corrected chi connectivity index (χ3v) is 3.12. The summed E-state index contributed by atoms with van der Waals surface area (Å²) >= 11 is 0. The molecular weight excluding hydrogens is 270 g/mol. The fraction of sp³-hybridized carbons (Fsp3) is 0.833. The van der Waals surface area contributed by atoms with Crippen molar-refractivity contribution in [1.82, 2.24) is 9.80 Å². The summed E-state index contributed by atoms with van der Waals surface area (Å²) in [6.45, 7) is 8.07. The lowest BCUT2D eigenvalue weighted by Gasteiger charge is -2.35. The first-order valence-electron chi connectivity index (χ1n) is 6.43. The lowest BCUT2D eigenvalue weighted by atomic mass is 10.0. The summed E-state index contributed by atoms with van der Waals surface area (Å²) in [7, 11) is 0. The predicted molar refractivity (Wildman–Crippen MR) is 75.2 cm³/mol. The van der Waals surface area contributed by atoms with Gasteiger partial charge in [0.1, 0.15) is 0 Å². The lowest BCUT2D eigenvalue weighted by Crippen LogP contribution is -2.55. The second kappa shape index (κ2) is 8.22. The van der Waals surface area contributed by atoms with Crippen LogP contribution in [0.5, 0.6) is 0 Å². The van der Waals surface area contributed by atoms with Gasteiger partial charge in [0.25, 0.3) is 0 Å². The number of carbonyl (C=O) groups is 2. The molecule has 0 spiro atoms. The van der Waals surface area contributed by atoms with Crippen molar-refractivity contribution in [3.8, 4) is 0 Å². The van der Waals surface area contributed by atoms with Crippen molar-refractivity contribution in [2.45, 2.75) is 26.8 Å². The molecule has 1 fully saturated rings. The molecule has 1 atom stereocenters. The lowest BCUT2D eigenvalue weighted by molar-refractivity contribution is -0.135. The molecule has 1 rings (SSSR count). The van der Waals surface area contributed by atoms with Gasteiger partial charge in [0.2, 0.25) is 5.91 Å². The van der Waals surface area contributed by atoms with Gasteiger partial charge in [-0.05, 0) is 12.8 Å². The third kappa shape index (κ3) is 4.87. The fourth-order valence-corrected chi connectivity index (χ4v) is 1.82. The highest BCUT2D eigenvalue weighted by molar-refractivity contribution is 5.85. The minimum absolute atomic E-state index is 0. The number of nitrogens with two attached hydrogens (primary N) is 1. The first kappa shape index (κ1) is 18.0. The van der Waals surface area contributed by atoms with E-state index in [0.717, 1.165) is 0 Å². The summed E-state index contributed by atoms with van der Waals surface area (Å²) in [5, 5.41) is 0. The van der Waals surface area contributed by atoms with Crippen LogP contribution in [0.3, 0.4) is 0 Å². The van der Waals surface area contributed by atoms with Crippen molar-refractivity contribution in [1.29, 1.82) is 0 Å². The van der Waals surface area contributed by atoms with Crippen LogP contribution in [-0.4, -0.2) is 60.6 Å². The standard InChI is InChI=1S/C12H23N3O3.ClH/c1-4-18-12(17)15-7-5-14(6-8-15)11(16)10(13)9(2)3;/h9-10H,4-8,13H2,1-3H3;1H/t10-;/m0./s1. The molecule has 1 heterocycles. The molecule has 0 aromatic carbocycles. The molecule has 2 amide bonds. The Labute approximate surface area is 120 Å². The van der Waals surface area contributed by atoms with Gasteiger partial charge in [-0.1, -0.05) is 13.8 Å². The zero-order valence-electron chi connectivity index (χ0n) is 11.8. The van der Waals surface area contributed by atoms with Gasteiger partial charge >= 0.3 is 6.09 Å². The van der Waals surface area contributed by atoms with Crippen LogP contribution in [0.1, 0.15) is 20.8 Å². The number of nitrogens with zero attached hydrogens (tertiary/aromatic N) is 2. The van der Waals surface area contributed by atoms with Crippen LogP contribution in [0, 0.1) is 5.92 Å². The van der Waals surface area contributed by atoms with Crippen LogP contribution in [0.25, 0.3) is 0 Å². The maximum atomic E-state index is 12.0. The summed E-state index contributed by atoms with van der Waals surface area (Å²) in [5.41, 5.74) is 5.84. The van der Waals surface area contributed by atoms with E-state index in [1.54, 1.807) is 16.7 Å². The molecule has 0 aromatic heterocycles. The Kier molecular flexibility index (Phi) is 7.78. The van der Waals surface area contributed by atoms with E-state index in [1.165, 1.54) is 0 Å². The largest absolute Gasteiger partial charge is 0.450 e. The van der Waals surface area contributed by atoms with Gasteiger partial charge in [-0.3, -0.25) is 4.79 Å². The van der Waals surface area contributed by atoms with Gasteiger partial charge in [-0.25, -0.2) is 4.79 Å². The van der Waals surface area contributed by atoms with Crippen molar-refractivity contribution in [3.05, 3.63) is 0 Å². The number of hydrogen-bond acceptors (Lipinski definition) is 4. The molecular formula is C12H24ClN3O3. The Morgan fingerprint density at radius 1 is 1.16 bits per heavy atom. The van der Waals surface area contributed by atoms with E-state index in [0.29, 0.717) is 32.8 Å². The Hall–Kier alpha value is -1.01. The van der Waals surface area contributed by atoms with E-state index < -0.39 is 6.04 Å². The maximum Gasteiger partial charge on any atom is 0.409 e. The van der Waals surface area contributed by atoms with Crippen LogP contribution in [0.2, 0.25) is 0 Å². The van der Waals surface area contributed by atoms with E-state index in [4.69, 9.17) is 10.5 Å². The Bertz CT molecular complexity index is 305. The average molecular weight is 294 g/mol. The number of rotatable bonds is 3. The van der Waals surface area contributed by atoms with Crippen molar-refractivity contribution in [2.24, 2.45) is 11.7 Å². The minimum Gasteiger partial charge on any atom is -0.450 e. The molecule has 0 aromatic rings. The van der Waals surface area contributed by atoms with Crippen LogP contribution in [0.15, 0.2) is 0 Å². The highest BCUT2D eigenvalue weighted by atomic mass is 35.5. The SMILES string of the molecule is CCOC(=O)N1CCN(C(=O)[C@@H](N)C(C)C)CC1.Cl. The number of carbonyl (C=O) groups excluding carboxylic acids is 2. The summed E-state index contributed by atoms with van der Waals surface area (Å²) in [6.07, 6.45) is -0.308. The van der Waals surface area contributed by atoms with E-state index in [-0.39, 0.29) is 30.3 Å². The smallest absolute Gasteiger partial charge is 0.409 e. The molecule has 1 saturated heterocycles. The van der Waals surface area contributed by atoms with Crippen molar-refractivity contribution in [2.75, 3.05) is 32.8 Å². The van der Waals surface area contributed by atoms with Crippen LogP contribution in [-0.2, 0) is 9.53 Å². The summed E-state index contributed by atoms with van der Waals surface area (Å²) in [5.74, 6) is 0.0918. The number of amides is 2. The molecule has 0 aliphatic carbocycles. The Morgan fingerprint density at radius 2 is 1.63 bits per heavy atom. The zero-order chi connectivity index (χ0) is 13.7. The van der Waals surface area contributed by atoms with Gasteiger partial charge < -0.3 is 20.3 Å². The van der Waals surface area contributed by atoms with Gasteiger partial charge in [0.15, 0.2) is 0 Å². The van der Waals surface area contributed by atoms with Crippen molar-refractivity contribution >= 4 is 24.4 Å². The molecule has 1 aliphatic rings. The quantitative estimate of drug-likeness (QED) is 0.831. The molecule has 2 N–H and O–H groups in total. The molecule has 7 heteroatoms. The Morgan fingerprint density at radius 3 is 2.05 bits per heavy atom. The molecule has 1 aliphatic heterocycles. The number of piperazine rings is 1. The molecule has 6 nitrogen and oxygen atoms in total. The van der Waals surface area contributed by atoms with Crippen molar-refractivity contribution in [3.63, 3.8) is 0 Å². The molecule has 0 radical (unpaired) electrons. The second-order valence-corrected chi connectivity index (χ2v) is 4.78. The van der Waals surface area contributed by atoms with E-state index in [1.807, 2.05) is 13.8 Å². The summed E-state index contributed by atoms with van der Waals surface area (Å²) in [6, 6.07) is -0.459. The Balaban J connectivity index is 0.00000324. The van der Waals surface area contributed by atoms with Gasteiger partial charge in [0, 0.05) is 26.2 Å². The van der Waals surface area contributed by atoms with Crippen LogP contribution < -0.4 is 5.73 Å². The van der Waals surface area contributed by atoms with Crippen LogP contribution in [0.4, 0.5) is 4.79 Å². The number of hydrogen-bond donors (Lipinski definition) is 1. The van der Waals surface area contributed by atoms with Crippen molar-refractivity contribution < 1.29 is 14.3 Å². The first-order valence-corrected chi connectivity index (χ1v) is 6.43. The predicted octanol–water partition coefficient (Wildman–Crippen LogP) is 0.692. The van der Waals surface area contributed by atoms with Gasteiger partial charge in [-0.2, -0.15) is 0 Å². The van der Waals surface area contributed by atoms with Gasteiger partial charge in [0.05, 0.1) is 12.6 Å². The van der Waals surface area contributed by atoms with Crippen LogP contribution >= 0.6 is 12.4 Å².